The van der Waals surface area contributed by atoms with Crippen LogP contribution in [0.3, 0.4) is 0 Å². The predicted molar refractivity (Wildman–Crippen MR) is 162 cm³/mol. The van der Waals surface area contributed by atoms with Crippen LogP contribution in [0.1, 0.15) is 48.6 Å². The van der Waals surface area contributed by atoms with E-state index in [-0.39, 0.29) is 29.6 Å². The minimum Gasteiger partial charge on any atom is -0.365 e. The molecule has 1 aliphatic heterocycles. The zero-order valence-corrected chi connectivity index (χ0v) is 25.7. The summed E-state index contributed by atoms with van der Waals surface area (Å²) >= 11 is 31.8. The number of benzene rings is 3. The van der Waals surface area contributed by atoms with E-state index in [0.29, 0.717) is 21.7 Å². The van der Waals surface area contributed by atoms with Crippen LogP contribution in [-0.2, 0) is 11.3 Å². The van der Waals surface area contributed by atoms with Crippen LogP contribution in [0.4, 0.5) is 0 Å². The topological polar surface area (TPSA) is 15.7 Å². The van der Waals surface area contributed by atoms with Crippen LogP contribution in [0.2, 0.25) is 20.1 Å². The Hall–Kier alpha value is -1.11. The smallest absolute Gasteiger partial charge is 0.135 e. The van der Waals surface area contributed by atoms with Gasteiger partial charge in [-0.3, -0.25) is 0 Å². The standard InChI is InChI=1S/C28H27Cl5N2O.BrH/c1-2-3-26(19-4-9-22(29)10-5-19)34-14-15-35(18-34)28(33)27(20-6-11-23(30)12-7-20)36-17-21-8-13-24(31)16-25(21)32;/h4-16,26-28H,2-3,17-18H2,1H3;1H. The minimum atomic E-state index is -0.467. The van der Waals surface area contributed by atoms with Crippen molar-refractivity contribution in [3.05, 3.63) is 116 Å². The van der Waals surface area contributed by atoms with E-state index in [1.54, 1.807) is 12.1 Å². The third-order valence-corrected chi connectivity index (χ3v) is 7.76. The first-order valence-corrected chi connectivity index (χ1v) is 13.7. The largest absolute Gasteiger partial charge is 0.365 e. The number of hydrogen-bond acceptors (Lipinski definition) is 3. The summed E-state index contributed by atoms with van der Waals surface area (Å²) in [6.45, 7) is 3.12. The van der Waals surface area contributed by atoms with Crippen molar-refractivity contribution in [3.63, 3.8) is 0 Å². The predicted octanol–water partition coefficient (Wildman–Crippen LogP) is 10.3. The van der Waals surface area contributed by atoms with E-state index in [0.717, 1.165) is 29.0 Å². The highest BCUT2D eigenvalue weighted by Gasteiger charge is 2.31. The molecule has 3 aromatic rings. The molecule has 0 saturated carbocycles. The molecule has 1 heterocycles. The van der Waals surface area contributed by atoms with Crippen LogP contribution in [-0.4, -0.2) is 22.0 Å². The molecule has 4 rings (SSSR count). The molecule has 1 aliphatic rings. The molecule has 0 aliphatic carbocycles. The molecule has 9 heteroatoms. The Bertz CT molecular complexity index is 1180. The molecule has 37 heavy (non-hydrogen) atoms. The van der Waals surface area contributed by atoms with Crippen LogP contribution in [0, 0.1) is 0 Å². The second-order valence-corrected chi connectivity index (χ2v) is 10.9. The van der Waals surface area contributed by atoms with Gasteiger partial charge in [-0.25, -0.2) is 0 Å². The molecule has 0 spiro atoms. The zero-order valence-electron chi connectivity index (χ0n) is 20.2. The maximum absolute atomic E-state index is 7.09. The fourth-order valence-corrected chi connectivity index (χ4v) is 5.34. The lowest BCUT2D eigenvalue weighted by molar-refractivity contribution is 0.00501. The monoisotopic (exact) mass is 662 g/mol. The summed E-state index contributed by atoms with van der Waals surface area (Å²) in [6.07, 6.45) is 5.76. The van der Waals surface area contributed by atoms with Gasteiger partial charge in [-0.15, -0.1) is 17.0 Å². The van der Waals surface area contributed by atoms with E-state index >= 15 is 0 Å². The van der Waals surface area contributed by atoms with E-state index < -0.39 is 11.6 Å². The van der Waals surface area contributed by atoms with Crippen LogP contribution in [0.5, 0.6) is 0 Å². The molecule has 3 nitrogen and oxygen atoms in total. The van der Waals surface area contributed by atoms with Crippen LogP contribution in [0.15, 0.2) is 79.1 Å². The molecular weight excluding hydrogens is 637 g/mol. The zero-order chi connectivity index (χ0) is 25.7. The Labute approximate surface area is 254 Å². The Morgan fingerprint density at radius 2 is 1.35 bits per heavy atom. The summed E-state index contributed by atoms with van der Waals surface area (Å²) in [4.78, 5) is 4.39. The first-order chi connectivity index (χ1) is 17.4. The fraction of sp³-hybridized carbons (Fsp3) is 0.286. The fourth-order valence-electron chi connectivity index (χ4n) is 4.28. The second kappa shape index (κ2) is 14.3. The molecule has 0 fully saturated rings. The lowest BCUT2D eigenvalue weighted by Crippen LogP contribution is -2.36. The van der Waals surface area contributed by atoms with Gasteiger partial charge in [0.05, 0.1) is 19.3 Å². The van der Waals surface area contributed by atoms with Gasteiger partial charge in [0.15, 0.2) is 0 Å². The van der Waals surface area contributed by atoms with Crippen molar-refractivity contribution in [1.29, 1.82) is 0 Å². The van der Waals surface area contributed by atoms with E-state index in [1.807, 2.05) is 48.7 Å². The second-order valence-electron chi connectivity index (χ2n) is 8.72. The maximum atomic E-state index is 7.09. The number of halogens is 6. The molecule has 3 aromatic carbocycles. The highest BCUT2D eigenvalue weighted by atomic mass is 79.9. The SMILES string of the molecule is Br.CCCC(c1ccc(Cl)cc1)N1C=CN(C(Cl)C(OCc2ccc(Cl)cc2Cl)c2ccc(Cl)cc2)C1. The summed E-state index contributed by atoms with van der Waals surface area (Å²) in [6, 6.07) is 21.2. The van der Waals surface area contributed by atoms with E-state index in [2.05, 4.69) is 35.1 Å². The van der Waals surface area contributed by atoms with Gasteiger partial charge in [0.25, 0.3) is 0 Å². The molecule has 0 aromatic heterocycles. The number of alkyl halides is 1. The Morgan fingerprint density at radius 3 is 1.95 bits per heavy atom. The molecule has 0 amide bonds. The average molecular weight is 666 g/mol. The number of rotatable bonds is 10. The lowest BCUT2D eigenvalue weighted by Gasteiger charge is -2.34. The van der Waals surface area contributed by atoms with Crippen molar-refractivity contribution in [1.82, 2.24) is 9.80 Å². The highest BCUT2D eigenvalue weighted by molar-refractivity contribution is 8.93. The quantitative estimate of drug-likeness (QED) is 0.158. The van der Waals surface area contributed by atoms with E-state index in [9.17, 15) is 0 Å². The average Bonchev–Trinajstić information content (AvgIpc) is 3.35. The highest BCUT2D eigenvalue weighted by Crippen LogP contribution is 2.35. The van der Waals surface area contributed by atoms with E-state index in [4.69, 9.17) is 62.7 Å². The Morgan fingerprint density at radius 1 is 0.784 bits per heavy atom. The van der Waals surface area contributed by atoms with Gasteiger partial charge < -0.3 is 14.5 Å². The third kappa shape index (κ3) is 7.95. The summed E-state index contributed by atoms with van der Waals surface area (Å²) in [5.74, 6) is 0. The molecular formula is C28H28BrCl5N2O. The van der Waals surface area contributed by atoms with Crippen LogP contribution < -0.4 is 0 Å². The molecule has 0 saturated heterocycles. The van der Waals surface area contributed by atoms with Crippen molar-refractivity contribution in [2.24, 2.45) is 0 Å². The number of hydrogen-bond donors (Lipinski definition) is 0. The van der Waals surface area contributed by atoms with Gasteiger partial charge in [-0.2, -0.15) is 0 Å². The van der Waals surface area contributed by atoms with Crippen LogP contribution in [0.25, 0.3) is 0 Å². The minimum absolute atomic E-state index is 0. The van der Waals surface area contributed by atoms with Crippen molar-refractivity contribution in [3.8, 4) is 0 Å². The van der Waals surface area contributed by atoms with Crippen molar-refractivity contribution in [2.45, 2.75) is 44.0 Å². The van der Waals surface area contributed by atoms with Crippen molar-refractivity contribution < 1.29 is 4.74 Å². The molecule has 3 unspecified atom stereocenters. The molecule has 0 radical (unpaired) electrons. The first kappa shape index (κ1) is 30.4. The van der Waals surface area contributed by atoms with Crippen LogP contribution >= 0.6 is 75.0 Å². The van der Waals surface area contributed by atoms with Gasteiger partial charge in [-0.05, 0) is 59.5 Å². The Kier molecular flexibility index (Phi) is 11.8. The molecule has 3 atom stereocenters. The summed E-state index contributed by atoms with van der Waals surface area (Å²) in [5.41, 5.74) is 2.53. The van der Waals surface area contributed by atoms with Gasteiger partial charge in [-0.1, -0.05) is 102 Å². The number of ether oxygens (including phenoxy) is 1. The van der Waals surface area contributed by atoms with Crippen molar-refractivity contribution >= 4 is 75.0 Å². The normalized spacial score (nSPS) is 15.4. The lowest BCUT2D eigenvalue weighted by atomic mass is 10.0. The summed E-state index contributed by atoms with van der Waals surface area (Å²) < 4.78 is 6.38. The van der Waals surface area contributed by atoms with Gasteiger partial charge >= 0.3 is 0 Å². The van der Waals surface area contributed by atoms with Crippen molar-refractivity contribution in [2.75, 3.05) is 6.67 Å². The first-order valence-electron chi connectivity index (χ1n) is 11.8. The molecule has 198 valence electrons. The van der Waals surface area contributed by atoms with Gasteiger partial charge in [0, 0.05) is 32.5 Å². The Balaban J connectivity index is 0.00000380. The van der Waals surface area contributed by atoms with Gasteiger partial charge in [0.2, 0.25) is 0 Å². The summed E-state index contributed by atoms with van der Waals surface area (Å²) in [5, 5.41) is 2.53. The van der Waals surface area contributed by atoms with E-state index in [1.165, 1.54) is 5.56 Å². The molecule has 0 bridgehead atoms. The third-order valence-electron chi connectivity index (χ3n) is 6.19. The summed E-state index contributed by atoms with van der Waals surface area (Å²) in [7, 11) is 0. The number of nitrogens with zero attached hydrogens (tertiary/aromatic N) is 2. The maximum Gasteiger partial charge on any atom is 0.135 e. The molecule has 0 N–H and O–H groups in total. The van der Waals surface area contributed by atoms with Gasteiger partial charge in [0.1, 0.15) is 11.6 Å².